The van der Waals surface area contributed by atoms with Crippen LogP contribution in [0.2, 0.25) is 0 Å². The lowest BCUT2D eigenvalue weighted by Gasteiger charge is -2.40. The number of ether oxygens (including phenoxy) is 2. The van der Waals surface area contributed by atoms with Crippen LogP contribution in [0.4, 0.5) is 0 Å². The zero-order valence-corrected chi connectivity index (χ0v) is 13.2. The molecule has 0 aromatic carbocycles. The Balaban J connectivity index is 2.84. The van der Waals surface area contributed by atoms with Gasteiger partial charge < -0.3 is 19.7 Å². The maximum Gasteiger partial charge on any atom is 0.264 e. The molecule has 2 N–H and O–H groups in total. The van der Waals surface area contributed by atoms with Crippen LogP contribution >= 0.6 is 0 Å². The SMILES string of the molecule is COC1OC(COS(C)(=O)=O)C(O)C(O)[C@H]1OS(C)(=O)=O. The summed E-state index contributed by atoms with van der Waals surface area (Å²) in [6.45, 7) is -0.567. The molecule has 0 amide bonds. The van der Waals surface area contributed by atoms with Gasteiger partial charge in [-0.3, -0.25) is 8.37 Å². The van der Waals surface area contributed by atoms with Gasteiger partial charge in [0, 0.05) is 7.11 Å². The average Bonchev–Trinajstić information content (AvgIpc) is 2.31. The van der Waals surface area contributed by atoms with Gasteiger partial charge in [-0.15, -0.1) is 0 Å². The molecule has 0 bridgehead atoms. The first-order chi connectivity index (χ1) is 9.44. The summed E-state index contributed by atoms with van der Waals surface area (Å²) in [5.74, 6) is 0. The van der Waals surface area contributed by atoms with Gasteiger partial charge in [-0.1, -0.05) is 0 Å². The van der Waals surface area contributed by atoms with Gasteiger partial charge in [0.25, 0.3) is 20.2 Å². The Morgan fingerprint density at radius 2 is 1.62 bits per heavy atom. The number of aliphatic hydroxyl groups excluding tert-OH is 2. The van der Waals surface area contributed by atoms with E-state index in [1.807, 2.05) is 0 Å². The zero-order chi connectivity index (χ0) is 16.4. The van der Waals surface area contributed by atoms with E-state index in [2.05, 4.69) is 8.37 Å². The summed E-state index contributed by atoms with van der Waals surface area (Å²) in [5.41, 5.74) is 0. The molecule has 4 unspecified atom stereocenters. The molecule has 1 aliphatic rings. The van der Waals surface area contributed by atoms with Gasteiger partial charge >= 0.3 is 0 Å². The van der Waals surface area contributed by atoms with Gasteiger partial charge in [0.1, 0.15) is 18.3 Å². The highest BCUT2D eigenvalue weighted by Gasteiger charge is 2.47. The van der Waals surface area contributed by atoms with E-state index in [4.69, 9.17) is 9.47 Å². The van der Waals surface area contributed by atoms with Crippen LogP contribution in [0.25, 0.3) is 0 Å². The summed E-state index contributed by atoms with van der Waals surface area (Å²) in [4.78, 5) is 0. The van der Waals surface area contributed by atoms with E-state index in [9.17, 15) is 27.0 Å². The normalized spacial score (nSPS) is 34.8. The molecule has 12 heteroatoms. The number of aliphatic hydroxyl groups is 2. The summed E-state index contributed by atoms with van der Waals surface area (Å²) >= 11 is 0. The van der Waals surface area contributed by atoms with Crippen molar-refractivity contribution >= 4 is 20.2 Å². The van der Waals surface area contributed by atoms with Gasteiger partial charge in [-0.2, -0.15) is 16.8 Å². The molecular formula is C9H18O10S2. The highest BCUT2D eigenvalue weighted by atomic mass is 32.2. The minimum atomic E-state index is -3.93. The summed E-state index contributed by atoms with van der Waals surface area (Å²) < 4.78 is 63.2. The van der Waals surface area contributed by atoms with Crippen molar-refractivity contribution in [1.29, 1.82) is 0 Å². The maximum absolute atomic E-state index is 11.1. The Bertz CT molecular complexity index is 537. The van der Waals surface area contributed by atoms with Crippen molar-refractivity contribution < 1.29 is 44.9 Å². The zero-order valence-electron chi connectivity index (χ0n) is 11.6. The molecule has 10 nitrogen and oxygen atoms in total. The second-order valence-corrected chi connectivity index (χ2v) is 7.76. The summed E-state index contributed by atoms with van der Waals surface area (Å²) in [7, 11) is -6.54. The molecule has 0 aromatic rings. The molecule has 1 saturated heterocycles. The third-order valence-corrected chi connectivity index (χ3v) is 3.75. The highest BCUT2D eigenvalue weighted by molar-refractivity contribution is 7.86. The Morgan fingerprint density at radius 1 is 1.05 bits per heavy atom. The van der Waals surface area contributed by atoms with Crippen LogP contribution in [-0.4, -0.2) is 84.0 Å². The summed E-state index contributed by atoms with van der Waals surface area (Å²) in [6, 6.07) is 0. The average molecular weight is 350 g/mol. The van der Waals surface area contributed by atoms with Crippen LogP contribution in [0.3, 0.4) is 0 Å². The Kier molecular flexibility index (Phi) is 6.08. The molecule has 126 valence electrons. The minimum Gasteiger partial charge on any atom is -0.387 e. The Morgan fingerprint density at radius 3 is 2.05 bits per heavy atom. The van der Waals surface area contributed by atoms with E-state index in [-0.39, 0.29) is 0 Å². The van der Waals surface area contributed by atoms with Crippen molar-refractivity contribution in [3.05, 3.63) is 0 Å². The molecule has 1 aliphatic heterocycles. The van der Waals surface area contributed by atoms with E-state index in [1.54, 1.807) is 0 Å². The smallest absolute Gasteiger partial charge is 0.264 e. The van der Waals surface area contributed by atoms with Crippen molar-refractivity contribution in [2.45, 2.75) is 30.7 Å². The second kappa shape index (κ2) is 6.83. The molecule has 0 saturated carbocycles. The molecular weight excluding hydrogens is 332 g/mol. The van der Waals surface area contributed by atoms with Crippen molar-refractivity contribution in [3.8, 4) is 0 Å². The lowest BCUT2D eigenvalue weighted by atomic mass is 9.99. The van der Waals surface area contributed by atoms with Crippen LogP contribution in [-0.2, 0) is 38.1 Å². The van der Waals surface area contributed by atoms with Crippen molar-refractivity contribution in [1.82, 2.24) is 0 Å². The first-order valence-electron chi connectivity index (χ1n) is 5.71. The van der Waals surface area contributed by atoms with E-state index in [0.717, 1.165) is 12.5 Å². The molecule has 1 fully saturated rings. The van der Waals surface area contributed by atoms with Gasteiger partial charge in [0.2, 0.25) is 0 Å². The number of rotatable bonds is 6. The molecule has 1 heterocycles. The lowest BCUT2D eigenvalue weighted by molar-refractivity contribution is -0.286. The first-order valence-corrected chi connectivity index (χ1v) is 9.35. The lowest BCUT2D eigenvalue weighted by Crippen LogP contribution is -2.60. The third kappa shape index (κ3) is 5.75. The van der Waals surface area contributed by atoms with Crippen molar-refractivity contribution in [2.75, 3.05) is 26.2 Å². The fraction of sp³-hybridized carbons (Fsp3) is 1.00. The van der Waals surface area contributed by atoms with Gasteiger partial charge in [-0.25, -0.2) is 0 Å². The highest BCUT2D eigenvalue weighted by Crippen LogP contribution is 2.25. The number of hydrogen-bond donors (Lipinski definition) is 2. The van der Waals surface area contributed by atoms with Crippen LogP contribution in [0.15, 0.2) is 0 Å². The largest absolute Gasteiger partial charge is 0.387 e. The van der Waals surface area contributed by atoms with Crippen molar-refractivity contribution in [3.63, 3.8) is 0 Å². The van der Waals surface area contributed by atoms with Crippen LogP contribution < -0.4 is 0 Å². The molecule has 5 atom stereocenters. The van der Waals surface area contributed by atoms with Crippen LogP contribution in [0, 0.1) is 0 Å². The maximum atomic E-state index is 11.1. The van der Waals surface area contributed by atoms with E-state index < -0.39 is 57.5 Å². The van der Waals surface area contributed by atoms with Crippen molar-refractivity contribution in [2.24, 2.45) is 0 Å². The molecule has 21 heavy (non-hydrogen) atoms. The van der Waals surface area contributed by atoms with E-state index in [0.29, 0.717) is 0 Å². The molecule has 0 spiro atoms. The fourth-order valence-corrected chi connectivity index (χ4v) is 2.72. The molecule has 0 aromatic heterocycles. The van der Waals surface area contributed by atoms with Gasteiger partial charge in [0.15, 0.2) is 12.4 Å². The minimum absolute atomic E-state index is 0.567. The Hall–Kier alpha value is -0.340. The van der Waals surface area contributed by atoms with Gasteiger partial charge in [0.05, 0.1) is 19.1 Å². The molecule has 0 aliphatic carbocycles. The Labute approximate surface area is 122 Å². The van der Waals surface area contributed by atoms with E-state index in [1.165, 1.54) is 7.11 Å². The number of methoxy groups -OCH3 is 1. The predicted molar refractivity (Wildman–Crippen MR) is 68.2 cm³/mol. The predicted octanol–water partition coefficient (Wildman–Crippen LogP) is -2.60. The molecule has 0 radical (unpaired) electrons. The summed E-state index contributed by atoms with van der Waals surface area (Å²) in [5, 5.41) is 19.7. The topological polar surface area (TPSA) is 146 Å². The first kappa shape index (κ1) is 18.7. The van der Waals surface area contributed by atoms with Crippen LogP contribution in [0.5, 0.6) is 0 Å². The number of hydrogen-bond acceptors (Lipinski definition) is 10. The third-order valence-electron chi connectivity index (χ3n) is 2.61. The standard InChI is InChI=1S/C9H18O10S2/c1-16-9-8(19-21(3,14)15)7(11)6(10)5(18-9)4-17-20(2,12)13/h5-11H,4H2,1-3H3/t5?,6?,7?,8-,9?/m1/s1. The molecule has 1 rings (SSSR count). The monoisotopic (exact) mass is 350 g/mol. The quantitative estimate of drug-likeness (QED) is 0.489. The summed E-state index contributed by atoms with van der Waals surface area (Å²) in [6.07, 6.45) is -5.78. The van der Waals surface area contributed by atoms with E-state index >= 15 is 0 Å². The fourth-order valence-electron chi connectivity index (χ4n) is 1.73. The van der Waals surface area contributed by atoms with Crippen LogP contribution in [0.1, 0.15) is 0 Å². The van der Waals surface area contributed by atoms with Gasteiger partial charge in [-0.05, 0) is 0 Å². The second-order valence-electron chi connectivity index (χ2n) is 4.51.